The van der Waals surface area contributed by atoms with E-state index in [-0.39, 0.29) is 17.8 Å². The maximum absolute atomic E-state index is 13.0. The molecule has 0 aliphatic heterocycles. The lowest BCUT2D eigenvalue weighted by atomic mass is 10.1. The zero-order valence-electron chi connectivity index (χ0n) is 13.5. The lowest BCUT2D eigenvalue weighted by Crippen LogP contribution is -2.27. The number of carbonyl (C=O) groups excluding carboxylic acids is 1. The van der Waals surface area contributed by atoms with Crippen LogP contribution in [-0.2, 0) is 4.79 Å². The molecule has 2 rings (SSSR count). The van der Waals surface area contributed by atoms with Crippen LogP contribution in [0.3, 0.4) is 0 Å². The third-order valence-corrected chi connectivity index (χ3v) is 3.79. The third-order valence-electron chi connectivity index (χ3n) is 3.79. The van der Waals surface area contributed by atoms with Crippen LogP contribution in [0.1, 0.15) is 24.1 Å². The standard InChI is InChI=1S/C19H20FNO2/c1-14(16-8-10-17(20)11-9-16)21(2)19(22)12-7-15-5-4-6-18(13-15)23-3/h4-14H,1-3H3/b12-7+. The number of rotatable bonds is 5. The first-order chi connectivity index (χ1) is 11.0. The predicted octanol–water partition coefficient (Wildman–Crippen LogP) is 4.07. The Hall–Kier alpha value is -2.62. The second-order valence-corrected chi connectivity index (χ2v) is 5.29. The van der Waals surface area contributed by atoms with Crippen molar-refractivity contribution in [1.29, 1.82) is 0 Å². The molecule has 0 heterocycles. The molecule has 0 N–H and O–H groups in total. The molecule has 0 radical (unpaired) electrons. The topological polar surface area (TPSA) is 29.5 Å². The number of nitrogens with zero attached hydrogens (tertiary/aromatic N) is 1. The summed E-state index contributed by atoms with van der Waals surface area (Å²) in [6.45, 7) is 1.91. The van der Waals surface area contributed by atoms with Gasteiger partial charge in [0.25, 0.3) is 0 Å². The van der Waals surface area contributed by atoms with Crippen molar-refractivity contribution >= 4 is 12.0 Å². The van der Waals surface area contributed by atoms with E-state index < -0.39 is 0 Å². The average Bonchev–Trinajstić information content (AvgIpc) is 2.59. The molecule has 0 spiro atoms. The van der Waals surface area contributed by atoms with Gasteiger partial charge in [0, 0.05) is 13.1 Å². The number of amides is 1. The second kappa shape index (κ2) is 7.58. The molecule has 1 atom stereocenters. The number of likely N-dealkylation sites (N-methyl/N-ethyl adjacent to an activating group) is 1. The molecule has 0 saturated carbocycles. The summed E-state index contributed by atoms with van der Waals surface area (Å²) >= 11 is 0. The minimum absolute atomic E-state index is 0.121. The molecule has 0 bridgehead atoms. The van der Waals surface area contributed by atoms with Crippen molar-refractivity contribution < 1.29 is 13.9 Å². The molecule has 0 aromatic heterocycles. The Balaban J connectivity index is 2.06. The SMILES string of the molecule is COc1cccc(/C=C/C(=O)N(C)C(C)c2ccc(F)cc2)c1. The summed E-state index contributed by atoms with van der Waals surface area (Å²) in [5, 5.41) is 0. The minimum Gasteiger partial charge on any atom is -0.497 e. The Morgan fingerprint density at radius 2 is 1.91 bits per heavy atom. The van der Waals surface area contributed by atoms with E-state index in [0.717, 1.165) is 16.9 Å². The van der Waals surface area contributed by atoms with Gasteiger partial charge in [0.1, 0.15) is 11.6 Å². The molecule has 23 heavy (non-hydrogen) atoms. The normalized spacial score (nSPS) is 12.2. The number of methoxy groups -OCH3 is 1. The van der Waals surface area contributed by atoms with E-state index >= 15 is 0 Å². The number of ether oxygens (including phenoxy) is 1. The maximum Gasteiger partial charge on any atom is 0.246 e. The van der Waals surface area contributed by atoms with Crippen molar-refractivity contribution in [2.75, 3.05) is 14.2 Å². The first-order valence-electron chi connectivity index (χ1n) is 7.35. The van der Waals surface area contributed by atoms with Crippen LogP contribution in [0.15, 0.2) is 54.6 Å². The van der Waals surface area contributed by atoms with Crippen LogP contribution in [0.5, 0.6) is 5.75 Å². The van der Waals surface area contributed by atoms with Crippen LogP contribution in [0, 0.1) is 5.82 Å². The molecular weight excluding hydrogens is 293 g/mol. The van der Waals surface area contributed by atoms with E-state index in [1.165, 1.54) is 18.2 Å². The van der Waals surface area contributed by atoms with E-state index in [2.05, 4.69) is 0 Å². The summed E-state index contributed by atoms with van der Waals surface area (Å²) < 4.78 is 18.1. The molecule has 1 amide bonds. The van der Waals surface area contributed by atoms with Crippen LogP contribution >= 0.6 is 0 Å². The summed E-state index contributed by atoms with van der Waals surface area (Å²) in [5.41, 5.74) is 1.78. The van der Waals surface area contributed by atoms with Gasteiger partial charge < -0.3 is 9.64 Å². The molecule has 2 aromatic rings. The molecule has 0 aliphatic carbocycles. The minimum atomic E-state index is -0.284. The summed E-state index contributed by atoms with van der Waals surface area (Å²) in [7, 11) is 3.33. The zero-order valence-corrected chi connectivity index (χ0v) is 13.5. The largest absolute Gasteiger partial charge is 0.497 e. The van der Waals surface area contributed by atoms with Gasteiger partial charge in [0.05, 0.1) is 13.2 Å². The fourth-order valence-corrected chi connectivity index (χ4v) is 2.19. The number of carbonyl (C=O) groups is 1. The number of halogens is 1. The van der Waals surface area contributed by atoms with Crippen molar-refractivity contribution in [3.63, 3.8) is 0 Å². The fourth-order valence-electron chi connectivity index (χ4n) is 2.19. The monoisotopic (exact) mass is 313 g/mol. The zero-order chi connectivity index (χ0) is 16.8. The van der Waals surface area contributed by atoms with Gasteiger partial charge in [-0.15, -0.1) is 0 Å². The summed E-state index contributed by atoms with van der Waals surface area (Å²) in [5.74, 6) is 0.338. The number of benzene rings is 2. The van der Waals surface area contributed by atoms with Crippen LogP contribution in [-0.4, -0.2) is 25.0 Å². The summed E-state index contributed by atoms with van der Waals surface area (Å²) in [4.78, 5) is 13.9. The highest BCUT2D eigenvalue weighted by Crippen LogP contribution is 2.20. The number of hydrogen-bond acceptors (Lipinski definition) is 2. The lowest BCUT2D eigenvalue weighted by Gasteiger charge is -2.24. The molecule has 0 aliphatic rings. The van der Waals surface area contributed by atoms with Gasteiger partial charge in [-0.2, -0.15) is 0 Å². The van der Waals surface area contributed by atoms with E-state index in [1.807, 2.05) is 31.2 Å². The number of hydrogen-bond donors (Lipinski definition) is 0. The van der Waals surface area contributed by atoms with Crippen molar-refractivity contribution in [2.45, 2.75) is 13.0 Å². The Morgan fingerprint density at radius 1 is 1.22 bits per heavy atom. The summed E-state index contributed by atoms with van der Waals surface area (Å²) in [6, 6.07) is 13.5. The van der Waals surface area contributed by atoms with Gasteiger partial charge in [0.2, 0.25) is 5.91 Å². The van der Waals surface area contributed by atoms with E-state index in [0.29, 0.717) is 0 Å². The molecule has 2 aromatic carbocycles. The van der Waals surface area contributed by atoms with Gasteiger partial charge in [-0.3, -0.25) is 4.79 Å². The molecule has 3 nitrogen and oxygen atoms in total. The maximum atomic E-state index is 13.0. The lowest BCUT2D eigenvalue weighted by molar-refractivity contribution is -0.126. The van der Waals surface area contributed by atoms with Gasteiger partial charge in [-0.25, -0.2) is 4.39 Å². The van der Waals surface area contributed by atoms with Gasteiger partial charge in [0.15, 0.2) is 0 Å². The van der Waals surface area contributed by atoms with Crippen molar-refractivity contribution in [2.24, 2.45) is 0 Å². The van der Waals surface area contributed by atoms with Crippen molar-refractivity contribution in [1.82, 2.24) is 4.90 Å². The van der Waals surface area contributed by atoms with Gasteiger partial charge in [-0.05, 0) is 48.4 Å². The molecule has 0 fully saturated rings. The van der Waals surface area contributed by atoms with E-state index in [4.69, 9.17) is 4.74 Å². The van der Waals surface area contributed by atoms with E-state index in [1.54, 1.807) is 37.3 Å². The predicted molar refractivity (Wildman–Crippen MR) is 89.6 cm³/mol. The van der Waals surface area contributed by atoms with Crippen molar-refractivity contribution in [3.8, 4) is 5.75 Å². The highest BCUT2D eigenvalue weighted by Gasteiger charge is 2.15. The first kappa shape index (κ1) is 16.7. The average molecular weight is 313 g/mol. The Morgan fingerprint density at radius 3 is 2.57 bits per heavy atom. The highest BCUT2D eigenvalue weighted by molar-refractivity contribution is 5.91. The molecule has 4 heteroatoms. The first-order valence-corrected chi connectivity index (χ1v) is 7.35. The Labute approximate surface area is 136 Å². The quantitative estimate of drug-likeness (QED) is 0.779. The Bertz CT molecular complexity index is 695. The summed E-state index contributed by atoms with van der Waals surface area (Å²) in [6.07, 6.45) is 3.27. The Kier molecular flexibility index (Phi) is 5.52. The van der Waals surface area contributed by atoms with Crippen LogP contribution < -0.4 is 4.74 Å². The van der Waals surface area contributed by atoms with Crippen LogP contribution in [0.4, 0.5) is 4.39 Å². The highest BCUT2D eigenvalue weighted by atomic mass is 19.1. The van der Waals surface area contributed by atoms with Crippen LogP contribution in [0.2, 0.25) is 0 Å². The molecule has 1 unspecified atom stereocenters. The molecule has 0 saturated heterocycles. The fraction of sp³-hybridized carbons (Fsp3) is 0.211. The molecule has 120 valence electrons. The van der Waals surface area contributed by atoms with E-state index in [9.17, 15) is 9.18 Å². The second-order valence-electron chi connectivity index (χ2n) is 5.29. The van der Waals surface area contributed by atoms with Gasteiger partial charge >= 0.3 is 0 Å². The van der Waals surface area contributed by atoms with Crippen molar-refractivity contribution in [3.05, 3.63) is 71.6 Å². The van der Waals surface area contributed by atoms with Crippen LogP contribution in [0.25, 0.3) is 6.08 Å². The smallest absolute Gasteiger partial charge is 0.246 e. The molecular formula is C19H20FNO2. The van der Waals surface area contributed by atoms with Gasteiger partial charge in [-0.1, -0.05) is 24.3 Å². The third kappa shape index (κ3) is 4.42.